The molecular weight excluding hydrogens is 338 g/mol. The largest absolute Gasteiger partial charge is 2.00 e. The Bertz CT molecular complexity index is 428. The van der Waals surface area contributed by atoms with E-state index >= 15 is 0 Å². The van der Waals surface area contributed by atoms with Gasteiger partial charge < -0.3 is 5.40 Å². The predicted octanol–water partition coefficient (Wildman–Crippen LogP) is 4.03. The van der Waals surface area contributed by atoms with E-state index in [1.54, 1.807) is 0 Å². The van der Waals surface area contributed by atoms with Crippen molar-refractivity contribution in [1.29, 1.82) is 0 Å². The second-order valence-corrected chi connectivity index (χ2v) is 9.62. The van der Waals surface area contributed by atoms with E-state index in [-0.39, 0.29) is 26.2 Å². The van der Waals surface area contributed by atoms with Gasteiger partial charge in [0.2, 0.25) is 0 Å². The number of allylic oxidation sites excluding steroid dienone is 10. The Morgan fingerprint density at radius 3 is 1.35 bits per heavy atom. The smallest absolute Gasteiger partial charge is 0.351 e. The van der Waals surface area contributed by atoms with Gasteiger partial charge in [0.1, 0.15) is 8.24 Å². The molecule has 2 rings (SSSR count). The Morgan fingerprint density at radius 2 is 1.25 bits per heavy atom. The standard InChI is InChI=1S/2C7H5.C3H11NSi.Zr/c2*1-2-7-5-3-4-6-7;1-5(2,3)4;/h2*3-5H,1H2;4H2,1-3H3;/q2*-1;;+2. The molecule has 2 aliphatic carbocycles. The number of hydrogen-bond acceptors (Lipinski definition) is 1. The summed E-state index contributed by atoms with van der Waals surface area (Å²) < 4.78 is 0. The Labute approximate surface area is 143 Å². The van der Waals surface area contributed by atoms with E-state index in [2.05, 4.69) is 56.4 Å². The molecule has 0 saturated carbocycles. The van der Waals surface area contributed by atoms with Gasteiger partial charge in [-0.05, 0) is 0 Å². The summed E-state index contributed by atoms with van der Waals surface area (Å²) in [6.07, 6.45) is 17.1. The van der Waals surface area contributed by atoms with E-state index in [4.69, 9.17) is 5.40 Å². The fraction of sp³-hybridized carbons (Fsp3) is 0.176. The van der Waals surface area contributed by atoms with Crippen LogP contribution in [0.3, 0.4) is 0 Å². The van der Waals surface area contributed by atoms with Crippen LogP contribution in [-0.4, -0.2) is 8.24 Å². The minimum Gasteiger partial charge on any atom is -0.351 e. The number of nitrogens with two attached hydrogens (primary N) is 1. The topological polar surface area (TPSA) is 26.0 Å². The van der Waals surface area contributed by atoms with Crippen LogP contribution in [0.2, 0.25) is 19.6 Å². The summed E-state index contributed by atoms with van der Waals surface area (Å²) in [5.74, 6) is 0. The van der Waals surface area contributed by atoms with Crippen molar-refractivity contribution < 1.29 is 26.2 Å². The van der Waals surface area contributed by atoms with Gasteiger partial charge in [-0.3, -0.25) is 0 Å². The third kappa shape index (κ3) is 15.1. The minimum atomic E-state index is -1.11. The van der Waals surface area contributed by atoms with Crippen molar-refractivity contribution >= 4 is 8.24 Å². The van der Waals surface area contributed by atoms with Crippen LogP contribution in [0.15, 0.2) is 72.2 Å². The molecule has 3 heteroatoms. The summed E-state index contributed by atoms with van der Waals surface area (Å²) in [5.41, 5.74) is 7.29. The zero-order valence-corrected chi connectivity index (χ0v) is 15.9. The first-order valence-electron chi connectivity index (χ1n) is 5.98. The van der Waals surface area contributed by atoms with Gasteiger partial charge in [0.25, 0.3) is 0 Å². The van der Waals surface area contributed by atoms with E-state index in [1.807, 2.05) is 36.5 Å². The third-order valence-corrected chi connectivity index (χ3v) is 1.58. The van der Waals surface area contributed by atoms with Gasteiger partial charge in [-0.15, -0.1) is 36.5 Å². The monoisotopic (exact) mass is 357 g/mol. The molecule has 0 aliphatic heterocycles. The second kappa shape index (κ2) is 11.9. The Hall–Kier alpha value is -0.940. The van der Waals surface area contributed by atoms with Gasteiger partial charge in [-0.1, -0.05) is 19.6 Å². The summed E-state index contributed by atoms with van der Waals surface area (Å²) in [6, 6.07) is 0. The molecule has 0 bridgehead atoms. The molecular formula is C17H21NSiZr. The summed E-state index contributed by atoms with van der Waals surface area (Å²) in [5, 5.41) is 5.49. The van der Waals surface area contributed by atoms with Crippen molar-refractivity contribution in [3.05, 3.63) is 84.4 Å². The molecule has 0 aromatic rings. The molecule has 0 spiro atoms. The van der Waals surface area contributed by atoms with Crippen molar-refractivity contribution in [2.45, 2.75) is 19.6 Å². The molecule has 2 aliphatic rings. The molecule has 102 valence electrons. The van der Waals surface area contributed by atoms with Crippen LogP contribution >= 0.6 is 0 Å². The van der Waals surface area contributed by atoms with Crippen LogP contribution in [-0.2, 0) is 26.2 Å². The van der Waals surface area contributed by atoms with Crippen LogP contribution in [0.25, 0.3) is 0 Å². The molecule has 0 heterocycles. The first-order chi connectivity index (χ1) is 8.86. The van der Waals surface area contributed by atoms with Gasteiger partial charge in [0.05, 0.1) is 0 Å². The van der Waals surface area contributed by atoms with Crippen molar-refractivity contribution in [3.8, 4) is 0 Å². The van der Waals surface area contributed by atoms with E-state index in [1.165, 1.54) is 0 Å². The van der Waals surface area contributed by atoms with Crippen LogP contribution in [0.4, 0.5) is 0 Å². The second-order valence-electron chi connectivity index (χ2n) is 4.89. The van der Waals surface area contributed by atoms with Crippen molar-refractivity contribution in [2.24, 2.45) is 5.40 Å². The molecule has 0 atom stereocenters. The molecule has 0 amide bonds. The molecule has 1 nitrogen and oxygen atoms in total. The first-order valence-corrected chi connectivity index (χ1v) is 9.56. The maximum Gasteiger partial charge on any atom is 2.00 e. The van der Waals surface area contributed by atoms with Crippen LogP contribution in [0.5, 0.6) is 0 Å². The van der Waals surface area contributed by atoms with E-state index in [0.29, 0.717) is 0 Å². The molecule has 0 aromatic heterocycles. The summed E-state index contributed by atoms with van der Waals surface area (Å²) in [4.78, 5) is 0. The van der Waals surface area contributed by atoms with Gasteiger partial charge in [-0.2, -0.15) is 36.5 Å². The van der Waals surface area contributed by atoms with Crippen molar-refractivity contribution in [3.63, 3.8) is 0 Å². The Kier molecular flexibility index (Phi) is 12.7. The third-order valence-electron chi connectivity index (χ3n) is 1.58. The first kappa shape index (κ1) is 21.4. The van der Waals surface area contributed by atoms with Crippen LogP contribution in [0, 0.1) is 12.2 Å². The van der Waals surface area contributed by atoms with Crippen LogP contribution < -0.4 is 5.40 Å². The zero-order valence-electron chi connectivity index (χ0n) is 12.5. The fourth-order valence-corrected chi connectivity index (χ4v) is 0.881. The van der Waals surface area contributed by atoms with Crippen LogP contribution in [0.1, 0.15) is 0 Å². The Balaban J connectivity index is 0. The summed E-state index contributed by atoms with van der Waals surface area (Å²) >= 11 is 0. The summed E-state index contributed by atoms with van der Waals surface area (Å²) in [6.45, 7) is 13.2. The molecule has 0 fully saturated rings. The maximum absolute atomic E-state index is 5.49. The molecule has 0 radical (unpaired) electrons. The fourth-order valence-electron chi connectivity index (χ4n) is 0.881. The molecule has 0 aromatic carbocycles. The molecule has 0 saturated heterocycles. The van der Waals surface area contributed by atoms with E-state index < -0.39 is 8.24 Å². The zero-order chi connectivity index (χ0) is 14.7. The van der Waals surface area contributed by atoms with Gasteiger partial charge in [-0.25, -0.2) is 11.5 Å². The van der Waals surface area contributed by atoms with Gasteiger partial charge >= 0.3 is 26.2 Å². The SMILES string of the molecule is C=C=C1[C-]=CC=C1.C=C=C1[C-]=CC=C1.C[Si](C)(C)N.[Zr+2]. The average Bonchev–Trinajstić information content (AvgIpc) is 3.01. The number of hydrogen-bond donors (Lipinski definition) is 1. The predicted molar refractivity (Wildman–Crippen MR) is 86.7 cm³/mol. The molecule has 20 heavy (non-hydrogen) atoms. The normalized spacial score (nSPS) is 13.6. The number of rotatable bonds is 0. The Morgan fingerprint density at radius 1 is 0.950 bits per heavy atom. The minimum absolute atomic E-state index is 0. The van der Waals surface area contributed by atoms with E-state index in [0.717, 1.165) is 11.1 Å². The molecule has 2 N–H and O–H groups in total. The van der Waals surface area contributed by atoms with Crippen molar-refractivity contribution in [1.82, 2.24) is 0 Å². The average molecular weight is 359 g/mol. The summed E-state index contributed by atoms with van der Waals surface area (Å²) in [7, 11) is -1.11. The molecule has 0 unspecified atom stereocenters. The van der Waals surface area contributed by atoms with E-state index in [9.17, 15) is 0 Å². The van der Waals surface area contributed by atoms with Crippen molar-refractivity contribution in [2.75, 3.05) is 0 Å². The maximum atomic E-state index is 5.49. The van der Waals surface area contributed by atoms with Gasteiger partial charge in [0, 0.05) is 0 Å². The van der Waals surface area contributed by atoms with Gasteiger partial charge in [0.15, 0.2) is 0 Å². The quantitative estimate of drug-likeness (QED) is 0.395.